The number of hydrogen-bond donors (Lipinski definition) is 1. The molecule has 0 spiro atoms. The first-order valence-corrected chi connectivity index (χ1v) is 8.16. The molecule has 1 aromatic carbocycles. The molecule has 0 aliphatic rings. The van der Waals surface area contributed by atoms with E-state index in [2.05, 4.69) is 0 Å². The van der Waals surface area contributed by atoms with Crippen LogP contribution in [0.5, 0.6) is 0 Å². The van der Waals surface area contributed by atoms with Crippen LogP contribution < -0.4 is 0 Å². The van der Waals surface area contributed by atoms with Gasteiger partial charge in [-0.05, 0) is 50.3 Å². The molecule has 1 amide bonds. The lowest BCUT2D eigenvalue weighted by molar-refractivity contribution is -0.145. The van der Waals surface area contributed by atoms with Gasteiger partial charge in [0.25, 0.3) is 0 Å². The van der Waals surface area contributed by atoms with Gasteiger partial charge in [0.15, 0.2) is 0 Å². The second-order valence-electron chi connectivity index (χ2n) is 4.92. The van der Waals surface area contributed by atoms with Crippen molar-refractivity contribution in [3.05, 3.63) is 29.3 Å². The molecule has 0 unspecified atom stereocenters. The Balaban J connectivity index is 2.34. The van der Waals surface area contributed by atoms with E-state index in [0.717, 1.165) is 17.1 Å². The molecular weight excluding hydrogens is 310 g/mol. The van der Waals surface area contributed by atoms with Crippen LogP contribution in [0, 0.1) is 0 Å². The number of amides is 1. The SMILES string of the molecule is CC(C)N(CC(=O)O)C(=O)CCCSc1ccc(Cl)cc1. The number of aliphatic carboxylic acids is 1. The van der Waals surface area contributed by atoms with Crippen LogP contribution in [0.25, 0.3) is 0 Å². The first kappa shape index (κ1) is 17.9. The minimum Gasteiger partial charge on any atom is -0.480 e. The van der Waals surface area contributed by atoms with Crippen LogP contribution in [-0.2, 0) is 9.59 Å². The maximum Gasteiger partial charge on any atom is 0.323 e. The smallest absolute Gasteiger partial charge is 0.323 e. The van der Waals surface area contributed by atoms with E-state index in [0.29, 0.717) is 11.4 Å². The summed E-state index contributed by atoms with van der Waals surface area (Å²) in [5.74, 6) is -0.275. The number of carbonyl (C=O) groups is 2. The maximum atomic E-state index is 12.0. The van der Waals surface area contributed by atoms with E-state index in [1.165, 1.54) is 4.90 Å². The van der Waals surface area contributed by atoms with Crippen molar-refractivity contribution in [1.82, 2.24) is 4.90 Å². The Bertz CT molecular complexity index is 476. The fourth-order valence-electron chi connectivity index (χ4n) is 1.79. The van der Waals surface area contributed by atoms with Crippen molar-refractivity contribution < 1.29 is 14.7 Å². The Morgan fingerprint density at radius 2 is 1.90 bits per heavy atom. The highest BCUT2D eigenvalue weighted by Crippen LogP contribution is 2.21. The van der Waals surface area contributed by atoms with Crippen LogP contribution in [0.4, 0.5) is 0 Å². The lowest BCUT2D eigenvalue weighted by Crippen LogP contribution is -2.40. The molecule has 0 heterocycles. The third-order valence-electron chi connectivity index (χ3n) is 2.87. The molecule has 0 aliphatic carbocycles. The molecule has 0 radical (unpaired) electrons. The third kappa shape index (κ3) is 6.87. The number of carboxylic acids is 1. The predicted molar refractivity (Wildman–Crippen MR) is 85.9 cm³/mol. The van der Waals surface area contributed by atoms with Crippen molar-refractivity contribution in [3.8, 4) is 0 Å². The van der Waals surface area contributed by atoms with Gasteiger partial charge in [-0.3, -0.25) is 9.59 Å². The van der Waals surface area contributed by atoms with Crippen LogP contribution in [-0.4, -0.2) is 40.2 Å². The quantitative estimate of drug-likeness (QED) is 0.585. The highest BCUT2D eigenvalue weighted by molar-refractivity contribution is 7.99. The highest BCUT2D eigenvalue weighted by Gasteiger charge is 2.19. The van der Waals surface area contributed by atoms with Crippen LogP contribution in [0.3, 0.4) is 0 Å². The average molecular weight is 330 g/mol. The zero-order valence-corrected chi connectivity index (χ0v) is 13.8. The van der Waals surface area contributed by atoms with Gasteiger partial charge in [0.05, 0.1) is 0 Å². The number of hydrogen-bond acceptors (Lipinski definition) is 3. The molecule has 21 heavy (non-hydrogen) atoms. The third-order valence-corrected chi connectivity index (χ3v) is 4.22. The lowest BCUT2D eigenvalue weighted by Gasteiger charge is -2.24. The largest absolute Gasteiger partial charge is 0.480 e. The van der Waals surface area contributed by atoms with E-state index in [4.69, 9.17) is 16.7 Å². The zero-order valence-electron chi connectivity index (χ0n) is 12.2. The lowest BCUT2D eigenvalue weighted by atomic mass is 10.2. The standard InChI is InChI=1S/C15H20ClNO3S/c1-11(2)17(10-15(19)20)14(18)4-3-9-21-13-7-5-12(16)6-8-13/h5-8,11H,3-4,9-10H2,1-2H3,(H,19,20). The first-order chi connectivity index (χ1) is 9.90. The van der Waals surface area contributed by atoms with Crippen molar-refractivity contribution in [1.29, 1.82) is 0 Å². The molecule has 1 N–H and O–H groups in total. The number of thioether (sulfide) groups is 1. The molecule has 0 aromatic heterocycles. The Kier molecular flexibility index (Phi) is 7.61. The molecule has 0 saturated heterocycles. The van der Waals surface area contributed by atoms with Gasteiger partial charge in [0, 0.05) is 22.4 Å². The molecule has 1 rings (SSSR count). The van der Waals surface area contributed by atoms with Crippen molar-refractivity contribution in [2.75, 3.05) is 12.3 Å². The average Bonchev–Trinajstić information content (AvgIpc) is 2.42. The van der Waals surface area contributed by atoms with E-state index in [1.54, 1.807) is 11.8 Å². The predicted octanol–water partition coefficient (Wildman–Crippen LogP) is 3.53. The van der Waals surface area contributed by atoms with E-state index in [-0.39, 0.29) is 18.5 Å². The Hall–Kier alpha value is -1.20. The van der Waals surface area contributed by atoms with Crippen LogP contribution >= 0.6 is 23.4 Å². The fourth-order valence-corrected chi connectivity index (χ4v) is 2.77. The summed E-state index contributed by atoms with van der Waals surface area (Å²) in [6.07, 6.45) is 1.08. The Morgan fingerprint density at radius 3 is 2.43 bits per heavy atom. The van der Waals surface area contributed by atoms with Gasteiger partial charge in [-0.25, -0.2) is 0 Å². The Labute approximate surface area is 134 Å². The number of rotatable bonds is 8. The summed E-state index contributed by atoms with van der Waals surface area (Å²) in [4.78, 5) is 25.3. The van der Waals surface area contributed by atoms with E-state index in [9.17, 15) is 9.59 Å². The van der Waals surface area contributed by atoms with Crippen molar-refractivity contribution in [3.63, 3.8) is 0 Å². The molecule has 4 nitrogen and oxygen atoms in total. The van der Waals surface area contributed by atoms with Gasteiger partial charge in [-0.15, -0.1) is 11.8 Å². The topological polar surface area (TPSA) is 57.6 Å². The molecule has 6 heteroatoms. The molecule has 0 saturated carbocycles. The number of carboxylic acid groups (broad SMARTS) is 1. The van der Waals surface area contributed by atoms with E-state index >= 15 is 0 Å². The summed E-state index contributed by atoms with van der Waals surface area (Å²) in [7, 11) is 0. The first-order valence-electron chi connectivity index (χ1n) is 6.79. The van der Waals surface area contributed by atoms with Gasteiger partial charge in [-0.2, -0.15) is 0 Å². The minimum absolute atomic E-state index is 0.0995. The van der Waals surface area contributed by atoms with Crippen LogP contribution in [0.15, 0.2) is 29.2 Å². The summed E-state index contributed by atoms with van der Waals surface area (Å²) in [5, 5.41) is 9.52. The monoisotopic (exact) mass is 329 g/mol. The molecule has 116 valence electrons. The number of benzene rings is 1. The summed E-state index contributed by atoms with van der Waals surface area (Å²) in [6, 6.07) is 7.46. The number of halogens is 1. The Morgan fingerprint density at radius 1 is 1.29 bits per heavy atom. The second kappa shape index (κ2) is 8.95. The molecule has 0 aliphatic heterocycles. The molecule has 0 bridgehead atoms. The maximum absolute atomic E-state index is 12.0. The van der Waals surface area contributed by atoms with Crippen molar-refractivity contribution in [2.24, 2.45) is 0 Å². The minimum atomic E-state index is -0.979. The van der Waals surface area contributed by atoms with Crippen molar-refractivity contribution in [2.45, 2.75) is 37.6 Å². The zero-order chi connectivity index (χ0) is 15.8. The number of nitrogens with zero attached hydrogens (tertiary/aromatic N) is 1. The van der Waals surface area contributed by atoms with Gasteiger partial charge >= 0.3 is 5.97 Å². The second-order valence-corrected chi connectivity index (χ2v) is 6.52. The van der Waals surface area contributed by atoms with Gasteiger partial charge in [0.1, 0.15) is 6.54 Å². The normalized spacial score (nSPS) is 10.7. The summed E-state index contributed by atoms with van der Waals surface area (Å²) >= 11 is 7.47. The van der Waals surface area contributed by atoms with Crippen LogP contribution in [0.2, 0.25) is 5.02 Å². The number of carbonyl (C=O) groups excluding carboxylic acids is 1. The van der Waals surface area contributed by atoms with E-state index < -0.39 is 5.97 Å². The summed E-state index contributed by atoms with van der Waals surface area (Å²) < 4.78 is 0. The van der Waals surface area contributed by atoms with Gasteiger partial charge < -0.3 is 10.0 Å². The van der Waals surface area contributed by atoms with Gasteiger partial charge in [0.2, 0.25) is 5.91 Å². The summed E-state index contributed by atoms with van der Waals surface area (Å²) in [5.41, 5.74) is 0. The van der Waals surface area contributed by atoms with Crippen LogP contribution in [0.1, 0.15) is 26.7 Å². The highest BCUT2D eigenvalue weighted by atomic mass is 35.5. The summed E-state index contributed by atoms with van der Waals surface area (Å²) in [6.45, 7) is 3.41. The molecule has 0 atom stereocenters. The molecular formula is C15H20ClNO3S. The molecule has 1 aromatic rings. The fraction of sp³-hybridized carbons (Fsp3) is 0.467. The van der Waals surface area contributed by atoms with Gasteiger partial charge in [-0.1, -0.05) is 11.6 Å². The molecule has 0 fully saturated rings. The van der Waals surface area contributed by atoms with E-state index in [1.807, 2.05) is 38.1 Å². The van der Waals surface area contributed by atoms with Crippen molar-refractivity contribution >= 4 is 35.2 Å².